The number of anilines is 1. The van der Waals surface area contributed by atoms with Crippen molar-refractivity contribution in [3.05, 3.63) is 64.5 Å². The number of ether oxygens (including phenoxy) is 1. The van der Waals surface area contributed by atoms with Crippen LogP contribution in [0.1, 0.15) is 39.2 Å². The number of hydrogen-bond donors (Lipinski definition) is 3. The summed E-state index contributed by atoms with van der Waals surface area (Å²) in [4.78, 5) is 25.3. The number of guanidine groups is 1. The molecule has 5 rings (SSSR count). The molecule has 0 bridgehead atoms. The summed E-state index contributed by atoms with van der Waals surface area (Å²) < 4.78 is 21.0. The minimum atomic E-state index is -0.356. The minimum absolute atomic E-state index is 0.0248. The molecule has 1 aromatic heterocycles. The average Bonchev–Trinajstić information content (AvgIpc) is 2.99. The molecule has 1 saturated heterocycles. The molecule has 0 radical (unpaired) electrons. The Morgan fingerprint density at radius 3 is 2.74 bits per heavy atom. The van der Waals surface area contributed by atoms with Gasteiger partial charge in [0.05, 0.1) is 30.4 Å². The fourth-order valence-electron chi connectivity index (χ4n) is 6.16. The van der Waals surface area contributed by atoms with Crippen LogP contribution in [-0.4, -0.2) is 71.5 Å². The zero-order chi connectivity index (χ0) is 29.9. The lowest BCUT2D eigenvalue weighted by Gasteiger charge is -2.45. The summed E-state index contributed by atoms with van der Waals surface area (Å²) >= 11 is 0. The van der Waals surface area contributed by atoms with Gasteiger partial charge in [-0.2, -0.15) is 0 Å². The normalized spacial score (nSPS) is 22.8. The van der Waals surface area contributed by atoms with E-state index in [-0.39, 0.29) is 35.4 Å². The number of aliphatic imine (C=N–C) groups is 1. The lowest BCUT2D eigenvalue weighted by atomic mass is 9.63. The molecule has 0 amide bonds. The van der Waals surface area contributed by atoms with Gasteiger partial charge >= 0.3 is 0 Å². The van der Waals surface area contributed by atoms with Crippen LogP contribution in [0, 0.1) is 23.1 Å². The largest absolute Gasteiger partial charge is 0.497 e. The summed E-state index contributed by atoms with van der Waals surface area (Å²) in [5.41, 5.74) is 1.90. The van der Waals surface area contributed by atoms with Crippen molar-refractivity contribution in [2.45, 2.75) is 52.6 Å². The van der Waals surface area contributed by atoms with Crippen molar-refractivity contribution in [2.24, 2.45) is 22.2 Å². The highest BCUT2D eigenvalue weighted by Crippen LogP contribution is 2.44. The molecule has 2 heterocycles. The highest BCUT2D eigenvalue weighted by atomic mass is 19.1. The summed E-state index contributed by atoms with van der Waals surface area (Å²) in [5.74, 6) is 1.34. The summed E-state index contributed by atoms with van der Waals surface area (Å²) in [6.07, 6.45) is 3.88. The molecule has 42 heavy (non-hydrogen) atoms. The number of aliphatic hydroxyl groups is 1. The third-order valence-electron chi connectivity index (χ3n) is 9.33. The fraction of sp³-hybridized carbons (Fsp3) is 0.531. The highest BCUT2D eigenvalue weighted by Gasteiger charge is 2.41. The lowest BCUT2D eigenvalue weighted by molar-refractivity contribution is 0.0350. The molecule has 9 nitrogen and oxygen atoms in total. The number of hydrogen-bond acceptors (Lipinski definition) is 6. The monoisotopic (exact) mass is 578 g/mol. The van der Waals surface area contributed by atoms with Crippen molar-refractivity contribution >= 4 is 22.5 Å². The van der Waals surface area contributed by atoms with E-state index in [1.54, 1.807) is 18.2 Å². The first-order valence-electron chi connectivity index (χ1n) is 14.9. The Labute approximate surface area is 246 Å². The van der Waals surface area contributed by atoms with Gasteiger partial charge in [-0.25, -0.2) is 14.4 Å². The summed E-state index contributed by atoms with van der Waals surface area (Å²) in [5, 5.41) is 17.7. The van der Waals surface area contributed by atoms with Gasteiger partial charge in [0.1, 0.15) is 11.6 Å². The Balaban J connectivity index is 1.37. The molecule has 3 N–H and O–H groups in total. The number of methoxy groups -OCH3 is 1. The Morgan fingerprint density at radius 1 is 1.24 bits per heavy atom. The van der Waals surface area contributed by atoms with Gasteiger partial charge in [-0.3, -0.25) is 9.36 Å². The molecule has 1 aliphatic carbocycles. The van der Waals surface area contributed by atoms with Crippen LogP contribution in [0.5, 0.6) is 5.75 Å². The minimum Gasteiger partial charge on any atom is -0.497 e. The van der Waals surface area contributed by atoms with Crippen molar-refractivity contribution in [3.8, 4) is 5.75 Å². The van der Waals surface area contributed by atoms with Gasteiger partial charge in [0.2, 0.25) is 0 Å². The van der Waals surface area contributed by atoms with E-state index in [4.69, 9.17) is 9.73 Å². The molecule has 2 aromatic carbocycles. The number of piperazine rings is 1. The Morgan fingerprint density at radius 2 is 2.02 bits per heavy atom. The zero-order valence-corrected chi connectivity index (χ0v) is 25.1. The van der Waals surface area contributed by atoms with Gasteiger partial charge in [-0.1, -0.05) is 26.8 Å². The molecule has 0 spiro atoms. The van der Waals surface area contributed by atoms with Crippen LogP contribution in [0.4, 0.5) is 10.1 Å². The quantitative estimate of drug-likeness (QED) is 0.289. The SMILES string of the molecule is COc1ccc(CCn2cnc3cc(NC(=NC4CCC(C)(C)[C@@H](C)[C@@H]4CO)N4CCNCC4)ccc3c2=O)c(F)c1. The van der Waals surface area contributed by atoms with Crippen molar-refractivity contribution in [1.29, 1.82) is 0 Å². The van der Waals surface area contributed by atoms with E-state index in [9.17, 15) is 14.3 Å². The van der Waals surface area contributed by atoms with Crippen LogP contribution in [0.15, 0.2) is 52.5 Å². The van der Waals surface area contributed by atoms with E-state index in [2.05, 4.69) is 41.3 Å². The summed E-state index contributed by atoms with van der Waals surface area (Å²) in [6.45, 7) is 10.6. The second kappa shape index (κ2) is 12.8. The van der Waals surface area contributed by atoms with E-state index in [0.29, 0.717) is 41.1 Å². The molecule has 1 aliphatic heterocycles. The third-order valence-corrected chi connectivity index (χ3v) is 9.33. The highest BCUT2D eigenvalue weighted by molar-refractivity contribution is 5.96. The van der Waals surface area contributed by atoms with Crippen molar-refractivity contribution in [3.63, 3.8) is 0 Å². The maximum Gasteiger partial charge on any atom is 0.261 e. The Bertz CT molecular complexity index is 1480. The fourth-order valence-corrected chi connectivity index (χ4v) is 6.16. The number of nitrogens with zero attached hydrogens (tertiary/aromatic N) is 4. The molecule has 1 saturated carbocycles. The molecule has 226 valence electrons. The van der Waals surface area contributed by atoms with Gasteiger partial charge in [0.25, 0.3) is 5.56 Å². The van der Waals surface area contributed by atoms with E-state index < -0.39 is 0 Å². The number of halogens is 1. The summed E-state index contributed by atoms with van der Waals surface area (Å²) in [7, 11) is 1.50. The first-order valence-corrected chi connectivity index (χ1v) is 14.9. The zero-order valence-electron chi connectivity index (χ0n) is 25.1. The topological polar surface area (TPSA) is 104 Å². The van der Waals surface area contributed by atoms with Gasteiger partial charge < -0.3 is 25.4 Å². The van der Waals surface area contributed by atoms with E-state index >= 15 is 0 Å². The second-order valence-electron chi connectivity index (χ2n) is 12.2. The Kier molecular flexibility index (Phi) is 9.13. The smallest absolute Gasteiger partial charge is 0.261 e. The van der Waals surface area contributed by atoms with Crippen LogP contribution < -0.4 is 20.9 Å². The number of aromatic nitrogens is 2. The van der Waals surface area contributed by atoms with Crippen LogP contribution in [0.2, 0.25) is 0 Å². The number of fused-ring (bicyclic) bond motifs is 1. The van der Waals surface area contributed by atoms with Gasteiger partial charge in [0, 0.05) is 57.0 Å². The van der Waals surface area contributed by atoms with Gasteiger partial charge in [0.15, 0.2) is 5.96 Å². The number of aliphatic hydroxyl groups excluding tert-OH is 1. The lowest BCUT2D eigenvalue weighted by Crippen LogP contribution is -2.50. The van der Waals surface area contributed by atoms with E-state index in [1.165, 1.54) is 24.1 Å². The molecule has 2 aliphatic rings. The standard InChI is InChI=1S/C32H43FN6O3/c1-21-26(19-40)28(9-11-32(21,2)3)37-31(38-15-12-34-13-16-38)36-23-6-8-25-29(17-23)35-20-39(30(25)41)14-10-22-5-7-24(42-4)18-27(22)33/h5-8,17-18,20-21,26,28,34,40H,9-16,19H2,1-4H3,(H,36,37)/t21-,26-,28?/m0/s1. The summed E-state index contributed by atoms with van der Waals surface area (Å²) in [6, 6.07) is 10.3. The number of aryl methyl sites for hydroxylation is 2. The van der Waals surface area contributed by atoms with Gasteiger partial charge in [-0.05, 0) is 60.4 Å². The predicted octanol–water partition coefficient (Wildman–Crippen LogP) is 3.89. The molecular weight excluding hydrogens is 535 g/mol. The molecule has 10 heteroatoms. The van der Waals surface area contributed by atoms with Crippen LogP contribution >= 0.6 is 0 Å². The molecule has 3 aromatic rings. The van der Waals surface area contributed by atoms with Crippen molar-refractivity contribution < 1.29 is 14.2 Å². The first-order chi connectivity index (χ1) is 20.2. The van der Waals surface area contributed by atoms with Crippen molar-refractivity contribution in [1.82, 2.24) is 19.8 Å². The third kappa shape index (κ3) is 6.44. The number of rotatable bonds is 7. The number of benzene rings is 2. The molecule has 3 atom stereocenters. The van der Waals surface area contributed by atoms with Crippen LogP contribution in [-0.2, 0) is 13.0 Å². The van der Waals surface area contributed by atoms with Crippen molar-refractivity contribution in [2.75, 3.05) is 45.2 Å². The van der Waals surface area contributed by atoms with E-state index in [0.717, 1.165) is 50.7 Å². The molecule has 1 unspecified atom stereocenters. The maximum atomic E-state index is 14.4. The van der Waals surface area contributed by atoms with Crippen LogP contribution in [0.25, 0.3) is 10.9 Å². The predicted molar refractivity (Wildman–Crippen MR) is 165 cm³/mol. The Hall–Kier alpha value is -3.50. The molecular formula is C32H43FN6O3. The second-order valence-corrected chi connectivity index (χ2v) is 12.2. The number of nitrogens with one attached hydrogen (secondary N) is 2. The maximum absolute atomic E-state index is 14.4. The molecule has 2 fully saturated rings. The first kappa shape index (κ1) is 30.0. The van der Waals surface area contributed by atoms with Crippen LogP contribution in [0.3, 0.4) is 0 Å². The average molecular weight is 579 g/mol. The van der Waals surface area contributed by atoms with Gasteiger partial charge in [-0.15, -0.1) is 0 Å². The van der Waals surface area contributed by atoms with E-state index in [1.807, 2.05) is 12.1 Å².